The third-order valence-corrected chi connectivity index (χ3v) is 3.60. The molecule has 2 aromatic rings. The molecule has 0 radical (unpaired) electrons. The molecule has 0 aliphatic carbocycles. The van der Waals surface area contributed by atoms with E-state index in [1.165, 1.54) is 6.07 Å². The number of nitrogens with zero attached hydrogens (tertiary/aromatic N) is 1. The molecule has 2 N–H and O–H groups in total. The molecule has 0 aliphatic rings. The number of aryl methyl sites for hydroxylation is 1. The molecule has 0 aliphatic heterocycles. The number of aliphatic hydroxyl groups is 1. The SMILES string of the molecule is Cc1ccc(NC(C)C(O)Cc2ccccc2)c([N+](=O)[O-])c1. The maximum atomic E-state index is 11.1. The molecule has 0 bridgehead atoms. The molecule has 22 heavy (non-hydrogen) atoms. The maximum Gasteiger partial charge on any atom is 0.292 e. The molecule has 5 nitrogen and oxygen atoms in total. The van der Waals surface area contributed by atoms with E-state index in [-0.39, 0.29) is 11.7 Å². The summed E-state index contributed by atoms with van der Waals surface area (Å²) in [5.74, 6) is 0. The monoisotopic (exact) mass is 300 g/mol. The Labute approximate surface area is 129 Å². The molecule has 0 amide bonds. The number of rotatable bonds is 6. The zero-order valence-corrected chi connectivity index (χ0v) is 12.7. The second-order valence-electron chi connectivity index (χ2n) is 5.47. The molecule has 5 heteroatoms. The van der Waals surface area contributed by atoms with Crippen LogP contribution in [0.5, 0.6) is 0 Å². The number of hydrogen-bond acceptors (Lipinski definition) is 4. The predicted molar refractivity (Wildman–Crippen MR) is 87.1 cm³/mol. The number of benzene rings is 2. The van der Waals surface area contributed by atoms with Gasteiger partial charge < -0.3 is 10.4 Å². The third kappa shape index (κ3) is 4.05. The topological polar surface area (TPSA) is 75.4 Å². The van der Waals surface area contributed by atoms with Gasteiger partial charge in [0.05, 0.1) is 11.0 Å². The number of aliphatic hydroxyl groups excluding tert-OH is 1. The molecule has 2 aromatic carbocycles. The Morgan fingerprint density at radius 3 is 2.55 bits per heavy atom. The number of nitrogens with one attached hydrogen (secondary N) is 1. The highest BCUT2D eigenvalue weighted by molar-refractivity contribution is 5.63. The Morgan fingerprint density at radius 1 is 1.23 bits per heavy atom. The fourth-order valence-electron chi connectivity index (χ4n) is 2.29. The van der Waals surface area contributed by atoms with Crippen molar-refractivity contribution in [3.8, 4) is 0 Å². The van der Waals surface area contributed by atoms with Crippen LogP contribution in [0.15, 0.2) is 48.5 Å². The van der Waals surface area contributed by atoms with Crippen molar-refractivity contribution in [2.24, 2.45) is 0 Å². The lowest BCUT2D eigenvalue weighted by molar-refractivity contribution is -0.384. The molecule has 0 saturated heterocycles. The van der Waals surface area contributed by atoms with Crippen molar-refractivity contribution >= 4 is 11.4 Å². The molecule has 0 spiro atoms. The zero-order chi connectivity index (χ0) is 16.1. The van der Waals surface area contributed by atoms with E-state index in [1.807, 2.05) is 50.2 Å². The molecule has 0 fully saturated rings. The highest BCUT2D eigenvalue weighted by Crippen LogP contribution is 2.26. The van der Waals surface area contributed by atoms with Gasteiger partial charge in [-0.05, 0) is 31.0 Å². The first-order valence-electron chi connectivity index (χ1n) is 7.21. The van der Waals surface area contributed by atoms with Crippen molar-refractivity contribution in [1.29, 1.82) is 0 Å². The van der Waals surface area contributed by atoms with E-state index in [0.717, 1.165) is 11.1 Å². The summed E-state index contributed by atoms with van der Waals surface area (Å²) >= 11 is 0. The van der Waals surface area contributed by atoms with E-state index in [1.54, 1.807) is 6.07 Å². The van der Waals surface area contributed by atoms with E-state index >= 15 is 0 Å². The Morgan fingerprint density at radius 2 is 1.91 bits per heavy atom. The lowest BCUT2D eigenvalue weighted by atomic mass is 10.0. The normalized spacial score (nSPS) is 13.4. The van der Waals surface area contributed by atoms with Crippen LogP contribution < -0.4 is 5.32 Å². The van der Waals surface area contributed by atoms with Crippen LogP contribution in [0.3, 0.4) is 0 Å². The number of nitro benzene ring substituents is 1. The minimum Gasteiger partial charge on any atom is -0.391 e. The Kier molecular flexibility index (Phi) is 5.12. The fraction of sp³-hybridized carbons (Fsp3) is 0.294. The van der Waals surface area contributed by atoms with Gasteiger partial charge in [0.1, 0.15) is 5.69 Å². The quantitative estimate of drug-likeness (QED) is 0.634. The summed E-state index contributed by atoms with van der Waals surface area (Å²) in [5, 5.41) is 24.5. The lowest BCUT2D eigenvalue weighted by Crippen LogP contribution is -2.32. The molecule has 0 saturated carbocycles. The molecule has 116 valence electrons. The van der Waals surface area contributed by atoms with Gasteiger partial charge in [0, 0.05) is 18.5 Å². The van der Waals surface area contributed by atoms with Crippen LogP contribution in [0.2, 0.25) is 0 Å². The largest absolute Gasteiger partial charge is 0.391 e. The van der Waals surface area contributed by atoms with Crippen molar-refractivity contribution in [3.63, 3.8) is 0 Å². The second kappa shape index (κ2) is 7.04. The summed E-state index contributed by atoms with van der Waals surface area (Å²) in [6.45, 7) is 3.63. The van der Waals surface area contributed by atoms with E-state index in [9.17, 15) is 15.2 Å². The Hall–Kier alpha value is -2.40. The van der Waals surface area contributed by atoms with E-state index in [2.05, 4.69) is 5.32 Å². The Bertz CT molecular complexity index is 644. The van der Waals surface area contributed by atoms with Gasteiger partial charge in [0.15, 0.2) is 0 Å². The van der Waals surface area contributed by atoms with Gasteiger partial charge in [-0.15, -0.1) is 0 Å². The minimum absolute atomic E-state index is 0.0266. The van der Waals surface area contributed by atoms with Crippen molar-refractivity contribution in [1.82, 2.24) is 0 Å². The summed E-state index contributed by atoms with van der Waals surface area (Å²) < 4.78 is 0. The maximum absolute atomic E-state index is 11.1. The molecule has 0 aromatic heterocycles. The predicted octanol–water partition coefficient (Wildman–Crippen LogP) is 3.31. The smallest absolute Gasteiger partial charge is 0.292 e. The standard InChI is InChI=1S/C17H20N2O3/c1-12-8-9-15(16(10-12)19(21)22)18-13(2)17(20)11-14-6-4-3-5-7-14/h3-10,13,17-18,20H,11H2,1-2H3. The highest BCUT2D eigenvalue weighted by atomic mass is 16.6. The van der Waals surface area contributed by atoms with E-state index in [0.29, 0.717) is 12.1 Å². The molecule has 0 heterocycles. The first-order valence-corrected chi connectivity index (χ1v) is 7.21. The van der Waals surface area contributed by atoms with Gasteiger partial charge in [-0.25, -0.2) is 0 Å². The van der Waals surface area contributed by atoms with Crippen LogP contribution in [0.25, 0.3) is 0 Å². The van der Waals surface area contributed by atoms with Gasteiger partial charge in [-0.2, -0.15) is 0 Å². The van der Waals surface area contributed by atoms with Crippen molar-refractivity contribution in [2.45, 2.75) is 32.4 Å². The Balaban J connectivity index is 2.08. The van der Waals surface area contributed by atoms with E-state index < -0.39 is 11.0 Å². The van der Waals surface area contributed by atoms with Gasteiger partial charge in [0.2, 0.25) is 0 Å². The van der Waals surface area contributed by atoms with Crippen LogP contribution in [0.4, 0.5) is 11.4 Å². The summed E-state index contributed by atoms with van der Waals surface area (Å²) in [4.78, 5) is 10.7. The van der Waals surface area contributed by atoms with Gasteiger partial charge in [0.25, 0.3) is 5.69 Å². The number of hydrogen-bond donors (Lipinski definition) is 2. The number of anilines is 1. The zero-order valence-electron chi connectivity index (χ0n) is 12.7. The van der Waals surface area contributed by atoms with Gasteiger partial charge in [-0.3, -0.25) is 10.1 Å². The van der Waals surface area contributed by atoms with E-state index in [4.69, 9.17) is 0 Å². The van der Waals surface area contributed by atoms with Crippen LogP contribution in [-0.2, 0) is 6.42 Å². The van der Waals surface area contributed by atoms with Crippen LogP contribution in [0.1, 0.15) is 18.1 Å². The second-order valence-corrected chi connectivity index (χ2v) is 5.47. The number of nitro groups is 1. The molecule has 2 rings (SSSR count). The first-order chi connectivity index (χ1) is 10.5. The molecule has 2 unspecified atom stereocenters. The first kappa shape index (κ1) is 16.0. The van der Waals surface area contributed by atoms with Crippen LogP contribution >= 0.6 is 0 Å². The van der Waals surface area contributed by atoms with Gasteiger partial charge >= 0.3 is 0 Å². The molecular formula is C17H20N2O3. The van der Waals surface area contributed by atoms with Crippen LogP contribution in [-0.4, -0.2) is 22.2 Å². The van der Waals surface area contributed by atoms with Crippen molar-refractivity contribution in [2.75, 3.05) is 5.32 Å². The van der Waals surface area contributed by atoms with Crippen molar-refractivity contribution < 1.29 is 10.0 Å². The average molecular weight is 300 g/mol. The summed E-state index contributed by atoms with van der Waals surface area (Å²) in [5.41, 5.74) is 2.31. The molecule has 2 atom stereocenters. The average Bonchev–Trinajstić information content (AvgIpc) is 2.49. The fourth-order valence-corrected chi connectivity index (χ4v) is 2.29. The third-order valence-electron chi connectivity index (χ3n) is 3.60. The van der Waals surface area contributed by atoms with Crippen LogP contribution in [0, 0.1) is 17.0 Å². The van der Waals surface area contributed by atoms with Crippen molar-refractivity contribution in [3.05, 3.63) is 69.8 Å². The van der Waals surface area contributed by atoms with Gasteiger partial charge in [-0.1, -0.05) is 36.4 Å². The molecular weight excluding hydrogens is 280 g/mol. The minimum atomic E-state index is -0.636. The summed E-state index contributed by atoms with van der Waals surface area (Å²) in [6, 6.07) is 14.4. The highest BCUT2D eigenvalue weighted by Gasteiger charge is 2.19. The summed E-state index contributed by atoms with van der Waals surface area (Å²) in [6.07, 6.45) is -0.141. The lowest BCUT2D eigenvalue weighted by Gasteiger charge is -2.21. The summed E-state index contributed by atoms with van der Waals surface area (Å²) in [7, 11) is 0.